The predicted molar refractivity (Wildman–Crippen MR) is 68.2 cm³/mol. The molecule has 1 saturated carbocycles. The number of hydrogen-bond donors (Lipinski definition) is 0. The molecule has 1 aliphatic heterocycles. The van der Waals surface area contributed by atoms with Gasteiger partial charge in [0.25, 0.3) is 0 Å². The molecule has 1 unspecified atom stereocenters. The van der Waals surface area contributed by atoms with Gasteiger partial charge in [0.05, 0.1) is 6.10 Å². The smallest absolute Gasteiger partial charge is 0.221 e. The molecule has 0 amide bonds. The number of ether oxygens (including phenoxy) is 2. The fourth-order valence-electron chi connectivity index (χ4n) is 2.10. The normalized spacial score (nSPS) is 23.3. The van der Waals surface area contributed by atoms with Gasteiger partial charge in [-0.25, -0.2) is 4.98 Å². The van der Waals surface area contributed by atoms with E-state index in [1.807, 2.05) is 6.92 Å². The Kier molecular flexibility index (Phi) is 3.39. The van der Waals surface area contributed by atoms with Crippen LogP contribution in [0.2, 0.25) is 5.15 Å². The van der Waals surface area contributed by atoms with Gasteiger partial charge in [0.15, 0.2) is 0 Å². The highest BCUT2D eigenvalue weighted by Gasteiger charge is 2.28. The molecule has 0 N–H and O–H groups in total. The lowest BCUT2D eigenvalue weighted by molar-refractivity contribution is 0.0659. The second kappa shape index (κ2) is 5.02. The second-order valence-corrected chi connectivity index (χ2v) is 5.38. The van der Waals surface area contributed by atoms with Crippen molar-refractivity contribution < 1.29 is 9.47 Å². The van der Waals surface area contributed by atoms with E-state index in [4.69, 9.17) is 21.1 Å². The minimum Gasteiger partial charge on any atom is -0.475 e. The molecule has 3 rings (SSSR count). The van der Waals surface area contributed by atoms with E-state index in [2.05, 4.69) is 9.97 Å². The van der Waals surface area contributed by atoms with Crippen molar-refractivity contribution in [3.63, 3.8) is 0 Å². The molecule has 1 saturated heterocycles. The van der Waals surface area contributed by atoms with Gasteiger partial charge >= 0.3 is 0 Å². The number of hydrogen-bond acceptors (Lipinski definition) is 4. The van der Waals surface area contributed by atoms with Crippen molar-refractivity contribution in [3.05, 3.63) is 16.5 Å². The van der Waals surface area contributed by atoms with Crippen LogP contribution in [0.4, 0.5) is 0 Å². The highest BCUT2D eigenvalue weighted by atomic mass is 35.5. The van der Waals surface area contributed by atoms with Gasteiger partial charge in [0.2, 0.25) is 5.88 Å². The van der Waals surface area contributed by atoms with E-state index in [1.54, 1.807) is 0 Å². The third kappa shape index (κ3) is 2.59. The first-order valence-electron chi connectivity index (χ1n) is 6.52. The molecule has 0 spiro atoms. The van der Waals surface area contributed by atoms with Crippen LogP contribution in [0.25, 0.3) is 0 Å². The monoisotopic (exact) mass is 268 g/mol. The largest absolute Gasteiger partial charge is 0.475 e. The molecule has 1 aliphatic carbocycles. The van der Waals surface area contributed by atoms with Crippen molar-refractivity contribution in [1.29, 1.82) is 0 Å². The van der Waals surface area contributed by atoms with Crippen molar-refractivity contribution in [1.82, 2.24) is 9.97 Å². The lowest BCUT2D eigenvalue weighted by Crippen LogP contribution is -2.17. The molecule has 1 aromatic heterocycles. The van der Waals surface area contributed by atoms with Gasteiger partial charge in [-0.3, -0.25) is 0 Å². The van der Waals surface area contributed by atoms with Crippen LogP contribution in [0.15, 0.2) is 0 Å². The quantitative estimate of drug-likeness (QED) is 0.788. The SMILES string of the molecule is Cc1c(Cl)nc(C2CC2)nc1OCC1CCCO1. The molecule has 2 fully saturated rings. The third-order valence-corrected chi connectivity index (χ3v) is 3.80. The van der Waals surface area contributed by atoms with Gasteiger partial charge in [-0.2, -0.15) is 4.98 Å². The van der Waals surface area contributed by atoms with Crippen LogP contribution in [0.5, 0.6) is 5.88 Å². The van der Waals surface area contributed by atoms with Gasteiger partial charge in [0, 0.05) is 18.1 Å². The van der Waals surface area contributed by atoms with E-state index in [0.717, 1.165) is 43.7 Å². The standard InChI is InChI=1S/C13H17ClN2O2/c1-8-11(14)15-12(9-4-5-9)16-13(8)18-7-10-3-2-6-17-10/h9-10H,2-7H2,1H3. The van der Waals surface area contributed by atoms with Gasteiger partial charge in [-0.05, 0) is 32.6 Å². The molecule has 1 aromatic rings. The van der Waals surface area contributed by atoms with E-state index < -0.39 is 0 Å². The predicted octanol–water partition coefficient (Wildman–Crippen LogP) is 2.87. The fourth-order valence-corrected chi connectivity index (χ4v) is 2.27. The average molecular weight is 269 g/mol. The Labute approximate surface area is 112 Å². The molecular weight excluding hydrogens is 252 g/mol. The maximum atomic E-state index is 6.12. The Morgan fingerprint density at radius 2 is 2.17 bits per heavy atom. The van der Waals surface area contributed by atoms with Gasteiger partial charge in [-0.1, -0.05) is 11.6 Å². The summed E-state index contributed by atoms with van der Waals surface area (Å²) >= 11 is 6.12. The minimum absolute atomic E-state index is 0.197. The van der Waals surface area contributed by atoms with Gasteiger partial charge < -0.3 is 9.47 Å². The molecule has 2 aliphatic rings. The molecular formula is C13H17ClN2O2. The summed E-state index contributed by atoms with van der Waals surface area (Å²) in [6.45, 7) is 3.28. The molecule has 2 heterocycles. The maximum absolute atomic E-state index is 6.12. The first kappa shape index (κ1) is 12.2. The Hall–Kier alpha value is -0.870. The van der Waals surface area contributed by atoms with Gasteiger partial charge in [-0.15, -0.1) is 0 Å². The summed E-state index contributed by atoms with van der Waals surface area (Å²) in [6, 6.07) is 0. The van der Waals surface area contributed by atoms with Crippen LogP contribution in [-0.4, -0.2) is 29.3 Å². The van der Waals surface area contributed by atoms with E-state index in [1.165, 1.54) is 0 Å². The number of rotatable bonds is 4. The van der Waals surface area contributed by atoms with E-state index in [9.17, 15) is 0 Å². The summed E-state index contributed by atoms with van der Waals surface area (Å²) in [6.07, 6.45) is 4.69. The maximum Gasteiger partial charge on any atom is 0.221 e. The van der Waals surface area contributed by atoms with Crippen LogP contribution in [0.1, 0.15) is 43.0 Å². The van der Waals surface area contributed by atoms with Crippen LogP contribution in [-0.2, 0) is 4.74 Å². The van der Waals surface area contributed by atoms with Crippen LogP contribution >= 0.6 is 11.6 Å². The molecule has 18 heavy (non-hydrogen) atoms. The fraction of sp³-hybridized carbons (Fsp3) is 0.692. The molecule has 0 bridgehead atoms. The summed E-state index contributed by atoms with van der Waals surface area (Å²) in [5, 5.41) is 0.509. The molecule has 0 aromatic carbocycles. The van der Waals surface area contributed by atoms with Crippen molar-refractivity contribution in [2.45, 2.75) is 44.6 Å². The van der Waals surface area contributed by atoms with Crippen molar-refractivity contribution >= 4 is 11.6 Å². The third-order valence-electron chi connectivity index (χ3n) is 3.43. The summed E-state index contributed by atoms with van der Waals surface area (Å²) in [4.78, 5) is 8.80. The zero-order valence-electron chi connectivity index (χ0n) is 10.5. The Morgan fingerprint density at radius 1 is 1.33 bits per heavy atom. The van der Waals surface area contributed by atoms with Crippen molar-refractivity contribution in [2.24, 2.45) is 0 Å². The van der Waals surface area contributed by atoms with E-state index in [-0.39, 0.29) is 6.10 Å². The second-order valence-electron chi connectivity index (χ2n) is 5.02. The summed E-state index contributed by atoms with van der Waals surface area (Å²) in [5.41, 5.74) is 0.819. The van der Waals surface area contributed by atoms with Crippen molar-refractivity contribution in [2.75, 3.05) is 13.2 Å². The highest BCUT2D eigenvalue weighted by Crippen LogP contribution is 2.39. The lowest BCUT2D eigenvalue weighted by Gasteiger charge is -2.13. The molecule has 1 atom stereocenters. The summed E-state index contributed by atoms with van der Waals surface area (Å²) in [5.74, 6) is 1.92. The molecule has 5 heteroatoms. The molecule has 4 nitrogen and oxygen atoms in total. The number of halogens is 1. The average Bonchev–Trinajstić information content (AvgIpc) is 3.08. The Balaban J connectivity index is 1.72. The van der Waals surface area contributed by atoms with Crippen molar-refractivity contribution in [3.8, 4) is 5.88 Å². The van der Waals surface area contributed by atoms with Crippen LogP contribution in [0, 0.1) is 6.92 Å². The first-order valence-corrected chi connectivity index (χ1v) is 6.90. The molecule has 98 valence electrons. The number of nitrogens with zero attached hydrogens (tertiary/aromatic N) is 2. The Morgan fingerprint density at radius 3 is 2.83 bits per heavy atom. The Bertz CT molecular complexity index is 443. The zero-order chi connectivity index (χ0) is 12.5. The molecule has 0 radical (unpaired) electrons. The number of aromatic nitrogens is 2. The van der Waals surface area contributed by atoms with E-state index in [0.29, 0.717) is 23.6 Å². The lowest BCUT2D eigenvalue weighted by atomic mass is 10.2. The minimum atomic E-state index is 0.197. The van der Waals surface area contributed by atoms with E-state index >= 15 is 0 Å². The summed E-state index contributed by atoms with van der Waals surface area (Å²) in [7, 11) is 0. The van der Waals surface area contributed by atoms with Gasteiger partial charge in [0.1, 0.15) is 17.6 Å². The van der Waals surface area contributed by atoms with Crippen LogP contribution < -0.4 is 4.74 Å². The topological polar surface area (TPSA) is 44.2 Å². The summed E-state index contributed by atoms with van der Waals surface area (Å²) < 4.78 is 11.3. The first-order chi connectivity index (χ1) is 8.74. The zero-order valence-corrected chi connectivity index (χ0v) is 11.2. The van der Waals surface area contributed by atoms with Crippen LogP contribution in [0.3, 0.4) is 0 Å². The highest BCUT2D eigenvalue weighted by molar-refractivity contribution is 6.30.